The number of carbonyl (C=O) groups excluding carboxylic acids is 1. The van der Waals surface area contributed by atoms with Crippen molar-refractivity contribution in [1.29, 1.82) is 0 Å². The molecular formula is C11H10BrNO3. The zero-order valence-corrected chi connectivity index (χ0v) is 9.95. The molecule has 4 nitrogen and oxygen atoms in total. The van der Waals surface area contributed by atoms with Crippen LogP contribution < -0.4 is 5.32 Å². The number of carboxylic acids is 1. The Bertz CT molecular complexity index is 425. The normalized spacial score (nSPS) is 9.56. The molecule has 1 rings (SSSR count). The van der Waals surface area contributed by atoms with Gasteiger partial charge < -0.3 is 10.4 Å². The van der Waals surface area contributed by atoms with Crippen LogP contribution in [0.15, 0.2) is 35.3 Å². The van der Waals surface area contributed by atoms with Gasteiger partial charge in [-0.1, -0.05) is 22.5 Å². The molecule has 1 aromatic rings. The number of rotatable bonds is 4. The van der Waals surface area contributed by atoms with E-state index in [4.69, 9.17) is 5.11 Å². The van der Waals surface area contributed by atoms with Crippen LogP contribution >= 0.6 is 15.9 Å². The van der Waals surface area contributed by atoms with Crippen LogP contribution in [0.5, 0.6) is 0 Å². The molecule has 1 aromatic carbocycles. The van der Waals surface area contributed by atoms with E-state index in [0.717, 1.165) is 0 Å². The predicted molar refractivity (Wildman–Crippen MR) is 63.8 cm³/mol. The number of nitrogens with one attached hydrogen (secondary N) is 1. The molecule has 16 heavy (non-hydrogen) atoms. The van der Waals surface area contributed by atoms with E-state index >= 15 is 0 Å². The Kier molecular flexibility index (Phi) is 4.25. The highest BCUT2D eigenvalue weighted by Crippen LogP contribution is 2.05. The first-order valence-electron chi connectivity index (χ1n) is 4.45. The molecule has 0 aliphatic heterocycles. The van der Waals surface area contributed by atoms with Gasteiger partial charge in [-0.25, -0.2) is 4.79 Å². The Morgan fingerprint density at radius 2 is 1.75 bits per heavy atom. The third-order valence-corrected chi connectivity index (χ3v) is 2.12. The van der Waals surface area contributed by atoms with Gasteiger partial charge in [0.05, 0.1) is 5.56 Å². The van der Waals surface area contributed by atoms with Gasteiger partial charge in [-0.3, -0.25) is 4.79 Å². The number of hydrogen-bond acceptors (Lipinski definition) is 2. The first kappa shape index (κ1) is 12.4. The lowest BCUT2D eigenvalue weighted by atomic mass is 10.1. The molecule has 0 unspecified atom stereocenters. The van der Waals surface area contributed by atoms with Crippen LogP contribution in [0.1, 0.15) is 20.7 Å². The Morgan fingerprint density at radius 1 is 1.25 bits per heavy atom. The fourth-order valence-corrected chi connectivity index (χ4v) is 1.18. The van der Waals surface area contributed by atoms with E-state index in [1.165, 1.54) is 24.3 Å². The largest absolute Gasteiger partial charge is 0.478 e. The zero-order valence-electron chi connectivity index (χ0n) is 8.37. The van der Waals surface area contributed by atoms with Crippen molar-refractivity contribution in [2.75, 3.05) is 6.54 Å². The van der Waals surface area contributed by atoms with Crippen molar-refractivity contribution in [3.63, 3.8) is 0 Å². The molecule has 2 N–H and O–H groups in total. The molecular weight excluding hydrogens is 274 g/mol. The number of halogens is 1. The van der Waals surface area contributed by atoms with Crippen LogP contribution in [0.25, 0.3) is 0 Å². The van der Waals surface area contributed by atoms with Crippen LogP contribution in [0, 0.1) is 0 Å². The number of aromatic carboxylic acids is 1. The first-order chi connectivity index (χ1) is 7.50. The Morgan fingerprint density at radius 3 is 2.19 bits per heavy atom. The second-order valence-electron chi connectivity index (χ2n) is 3.08. The second kappa shape index (κ2) is 5.46. The lowest BCUT2D eigenvalue weighted by molar-refractivity contribution is 0.0696. The molecule has 0 aromatic heterocycles. The summed E-state index contributed by atoms with van der Waals surface area (Å²) in [7, 11) is 0. The quantitative estimate of drug-likeness (QED) is 0.889. The van der Waals surface area contributed by atoms with E-state index in [-0.39, 0.29) is 11.5 Å². The zero-order chi connectivity index (χ0) is 12.1. The third kappa shape index (κ3) is 3.51. The molecule has 0 saturated heterocycles. The molecule has 0 heterocycles. The summed E-state index contributed by atoms with van der Waals surface area (Å²) in [6.45, 7) is 3.92. The fraction of sp³-hybridized carbons (Fsp3) is 0.0909. The number of hydrogen-bond donors (Lipinski definition) is 2. The summed E-state index contributed by atoms with van der Waals surface area (Å²) in [4.78, 5) is 22.1. The standard InChI is InChI=1S/C11H10BrNO3/c1-7(12)6-13-10(14)8-2-4-9(5-3-8)11(15)16/h2-5H,1,6H2,(H,13,14)(H,15,16). The average Bonchev–Trinajstić information content (AvgIpc) is 2.26. The summed E-state index contributed by atoms with van der Waals surface area (Å²) in [6, 6.07) is 5.71. The SMILES string of the molecule is C=C(Br)CNC(=O)c1ccc(C(=O)O)cc1. The number of amides is 1. The maximum absolute atomic E-state index is 11.5. The van der Waals surface area contributed by atoms with E-state index < -0.39 is 5.97 Å². The molecule has 0 fully saturated rings. The lowest BCUT2D eigenvalue weighted by Crippen LogP contribution is -2.24. The van der Waals surface area contributed by atoms with Gasteiger partial charge in [-0.05, 0) is 24.3 Å². The van der Waals surface area contributed by atoms with Crippen molar-refractivity contribution in [2.45, 2.75) is 0 Å². The topological polar surface area (TPSA) is 66.4 Å². The van der Waals surface area contributed by atoms with Crippen molar-refractivity contribution < 1.29 is 14.7 Å². The fourth-order valence-electron chi connectivity index (χ4n) is 1.04. The molecule has 0 aliphatic rings. The van der Waals surface area contributed by atoms with Crippen LogP contribution in [-0.4, -0.2) is 23.5 Å². The maximum atomic E-state index is 11.5. The molecule has 0 saturated carbocycles. The van der Waals surface area contributed by atoms with Gasteiger partial charge in [0.1, 0.15) is 0 Å². The van der Waals surface area contributed by atoms with Crippen molar-refractivity contribution in [2.24, 2.45) is 0 Å². The van der Waals surface area contributed by atoms with E-state index in [1.54, 1.807) is 0 Å². The molecule has 0 aliphatic carbocycles. The van der Waals surface area contributed by atoms with Gasteiger partial charge in [-0.2, -0.15) is 0 Å². The van der Waals surface area contributed by atoms with Gasteiger partial charge in [0.2, 0.25) is 0 Å². The molecule has 0 spiro atoms. The summed E-state index contributed by atoms with van der Waals surface area (Å²) in [5.41, 5.74) is 0.570. The maximum Gasteiger partial charge on any atom is 0.335 e. The van der Waals surface area contributed by atoms with Crippen molar-refractivity contribution >= 4 is 27.8 Å². The van der Waals surface area contributed by atoms with Crippen LogP contribution in [0.2, 0.25) is 0 Å². The summed E-state index contributed by atoms with van der Waals surface area (Å²) in [6.07, 6.45) is 0. The van der Waals surface area contributed by atoms with Crippen LogP contribution in [-0.2, 0) is 0 Å². The van der Waals surface area contributed by atoms with Crippen molar-refractivity contribution in [3.05, 3.63) is 46.5 Å². The van der Waals surface area contributed by atoms with Gasteiger partial charge >= 0.3 is 5.97 Å². The van der Waals surface area contributed by atoms with Gasteiger partial charge in [0.25, 0.3) is 5.91 Å². The molecule has 0 radical (unpaired) electrons. The highest BCUT2D eigenvalue weighted by atomic mass is 79.9. The van der Waals surface area contributed by atoms with E-state index in [0.29, 0.717) is 16.6 Å². The minimum atomic E-state index is -1.01. The minimum absolute atomic E-state index is 0.154. The van der Waals surface area contributed by atoms with Crippen molar-refractivity contribution in [1.82, 2.24) is 5.32 Å². The van der Waals surface area contributed by atoms with E-state index in [9.17, 15) is 9.59 Å². The average molecular weight is 284 g/mol. The van der Waals surface area contributed by atoms with Gasteiger partial charge in [0.15, 0.2) is 0 Å². The van der Waals surface area contributed by atoms with Crippen LogP contribution in [0.3, 0.4) is 0 Å². The predicted octanol–water partition coefficient (Wildman–Crippen LogP) is 2.02. The molecule has 0 bridgehead atoms. The van der Waals surface area contributed by atoms with Crippen LogP contribution in [0.4, 0.5) is 0 Å². The summed E-state index contributed by atoms with van der Waals surface area (Å²) >= 11 is 3.12. The monoisotopic (exact) mass is 283 g/mol. The minimum Gasteiger partial charge on any atom is -0.478 e. The summed E-state index contributed by atoms with van der Waals surface area (Å²) in [5.74, 6) is -1.28. The lowest BCUT2D eigenvalue weighted by Gasteiger charge is -2.04. The molecule has 0 atom stereocenters. The number of carbonyl (C=O) groups is 2. The van der Waals surface area contributed by atoms with Gasteiger partial charge in [0, 0.05) is 16.6 Å². The highest BCUT2D eigenvalue weighted by Gasteiger charge is 2.07. The smallest absolute Gasteiger partial charge is 0.335 e. The Balaban J connectivity index is 2.70. The Hall–Kier alpha value is -1.62. The molecule has 84 valence electrons. The number of benzene rings is 1. The van der Waals surface area contributed by atoms with E-state index in [1.807, 2.05) is 0 Å². The Labute approximate surface area is 101 Å². The van der Waals surface area contributed by atoms with E-state index in [2.05, 4.69) is 27.8 Å². The van der Waals surface area contributed by atoms with Gasteiger partial charge in [-0.15, -0.1) is 0 Å². The second-order valence-corrected chi connectivity index (χ2v) is 4.20. The summed E-state index contributed by atoms with van der Waals surface area (Å²) in [5, 5.41) is 11.3. The molecule has 5 heteroatoms. The third-order valence-electron chi connectivity index (χ3n) is 1.83. The number of carboxylic acid groups (broad SMARTS) is 1. The highest BCUT2D eigenvalue weighted by molar-refractivity contribution is 9.11. The summed E-state index contributed by atoms with van der Waals surface area (Å²) < 4.78 is 0.669. The van der Waals surface area contributed by atoms with Crippen molar-refractivity contribution in [3.8, 4) is 0 Å². The first-order valence-corrected chi connectivity index (χ1v) is 5.25. The molecule has 1 amide bonds.